The summed E-state index contributed by atoms with van der Waals surface area (Å²) in [4.78, 5) is 33.4. The maximum atomic E-state index is 12.0. The van der Waals surface area contributed by atoms with Gasteiger partial charge in [-0.3, -0.25) is 4.79 Å². The van der Waals surface area contributed by atoms with Gasteiger partial charge in [-0.1, -0.05) is 0 Å². The van der Waals surface area contributed by atoms with E-state index in [1.54, 1.807) is 0 Å². The van der Waals surface area contributed by atoms with Gasteiger partial charge in [0.2, 0.25) is 0 Å². The zero-order valence-electron chi connectivity index (χ0n) is 11.3. The average Bonchev–Trinajstić information content (AvgIpc) is 2.48. The molecule has 0 bridgehead atoms. The van der Waals surface area contributed by atoms with Crippen molar-refractivity contribution >= 4 is 18.5 Å². The first-order valence-corrected chi connectivity index (χ1v) is 7.34. The zero-order valence-corrected chi connectivity index (χ0v) is 11.3. The highest BCUT2D eigenvalue weighted by molar-refractivity contribution is 5.73. The molecule has 0 aromatic carbocycles. The van der Waals surface area contributed by atoms with Crippen molar-refractivity contribution in [3.05, 3.63) is 0 Å². The predicted octanol–water partition coefficient (Wildman–Crippen LogP) is 2.29. The maximum absolute atomic E-state index is 12.0. The Balaban J connectivity index is 1.73. The van der Waals surface area contributed by atoms with Crippen molar-refractivity contribution in [1.29, 1.82) is 0 Å². The molecule has 0 aliphatic heterocycles. The summed E-state index contributed by atoms with van der Waals surface area (Å²) in [7, 11) is 0. The minimum absolute atomic E-state index is 0.00695. The van der Waals surface area contributed by atoms with Crippen LogP contribution in [0.3, 0.4) is 0 Å². The van der Waals surface area contributed by atoms with Gasteiger partial charge < -0.3 is 14.3 Å². The van der Waals surface area contributed by atoms with E-state index in [4.69, 9.17) is 4.74 Å². The van der Waals surface area contributed by atoms with Crippen LogP contribution in [0.25, 0.3) is 0 Å². The number of carbonyl (C=O) groups is 3. The van der Waals surface area contributed by atoms with E-state index in [0.717, 1.165) is 63.9 Å². The topological polar surface area (TPSA) is 60.4 Å². The molecule has 0 heterocycles. The molecular formula is C15H22O4. The summed E-state index contributed by atoms with van der Waals surface area (Å²) >= 11 is 0. The molecule has 2 saturated carbocycles. The first-order valence-electron chi connectivity index (χ1n) is 7.34. The number of esters is 1. The summed E-state index contributed by atoms with van der Waals surface area (Å²) in [6.45, 7) is 0. The summed E-state index contributed by atoms with van der Waals surface area (Å²) in [5, 5.41) is 0. The van der Waals surface area contributed by atoms with Crippen LogP contribution in [0.15, 0.2) is 0 Å². The van der Waals surface area contributed by atoms with E-state index >= 15 is 0 Å². The van der Waals surface area contributed by atoms with E-state index in [0.29, 0.717) is 0 Å². The fraction of sp³-hybridized carbons (Fsp3) is 0.800. The Morgan fingerprint density at radius 3 is 1.74 bits per heavy atom. The number of hydrogen-bond donors (Lipinski definition) is 0. The standard InChI is InChI=1S/C15H22O4/c16-9-11-1-5-13(6-2-11)15(18)19-14-7-3-12(10-17)4-8-14/h9-14H,1-8H2. The SMILES string of the molecule is O=CC1CCC(OC(=O)C2CCC(C=O)CC2)CC1. The predicted molar refractivity (Wildman–Crippen MR) is 69.4 cm³/mol. The first kappa shape index (κ1) is 14.2. The number of rotatable bonds is 4. The molecule has 0 spiro atoms. The Kier molecular flexibility index (Phi) is 5.11. The highest BCUT2D eigenvalue weighted by Crippen LogP contribution is 2.30. The molecule has 2 aliphatic rings. The fourth-order valence-corrected chi connectivity index (χ4v) is 3.09. The number of carbonyl (C=O) groups excluding carboxylic acids is 3. The van der Waals surface area contributed by atoms with Gasteiger partial charge in [0, 0.05) is 11.8 Å². The number of ether oxygens (including phenoxy) is 1. The lowest BCUT2D eigenvalue weighted by Gasteiger charge is -2.29. The second-order valence-electron chi connectivity index (χ2n) is 5.86. The Hall–Kier alpha value is -1.19. The number of hydrogen-bond acceptors (Lipinski definition) is 4. The molecule has 2 fully saturated rings. The van der Waals surface area contributed by atoms with Gasteiger partial charge in [0.25, 0.3) is 0 Å². The summed E-state index contributed by atoms with van der Waals surface area (Å²) in [5.74, 6) is 0.156. The van der Waals surface area contributed by atoms with E-state index in [-0.39, 0.29) is 29.8 Å². The van der Waals surface area contributed by atoms with E-state index < -0.39 is 0 Å². The molecule has 0 amide bonds. The third kappa shape index (κ3) is 3.88. The Bertz CT molecular complexity index is 323. The van der Waals surface area contributed by atoms with Gasteiger partial charge in [-0.2, -0.15) is 0 Å². The monoisotopic (exact) mass is 266 g/mol. The van der Waals surface area contributed by atoms with Crippen molar-refractivity contribution in [2.45, 2.75) is 57.5 Å². The van der Waals surface area contributed by atoms with Crippen molar-refractivity contribution in [2.75, 3.05) is 0 Å². The van der Waals surface area contributed by atoms with Gasteiger partial charge in [0.15, 0.2) is 0 Å². The molecule has 2 rings (SSSR count). The van der Waals surface area contributed by atoms with Crippen LogP contribution < -0.4 is 0 Å². The second-order valence-corrected chi connectivity index (χ2v) is 5.86. The molecule has 4 heteroatoms. The average molecular weight is 266 g/mol. The Morgan fingerprint density at radius 2 is 1.26 bits per heavy atom. The summed E-state index contributed by atoms with van der Waals surface area (Å²) < 4.78 is 5.55. The van der Waals surface area contributed by atoms with Crippen molar-refractivity contribution < 1.29 is 19.1 Å². The lowest BCUT2D eigenvalue weighted by atomic mass is 9.82. The van der Waals surface area contributed by atoms with E-state index in [2.05, 4.69) is 0 Å². The van der Waals surface area contributed by atoms with Crippen LogP contribution >= 0.6 is 0 Å². The molecule has 4 nitrogen and oxygen atoms in total. The highest BCUT2D eigenvalue weighted by Gasteiger charge is 2.30. The van der Waals surface area contributed by atoms with Crippen LogP contribution in [0.5, 0.6) is 0 Å². The zero-order chi connectivity index (χ0) is 13.7. The molecule has 0 atom stereocenters. The Morgan fingerprint density at radius 1 is 0.789 bits per heavy atom. The molecule has 0 radical (unpaired) electrons. The van der Waals surface area contributed by atoms with Gasteiger partial charge in [0.05, 0.1) is 5.92 Å². The molecule has 2 aliphatic carbocycles. The fourth-order valence-electron chi connectivity index (χ4n) is 3.09. The van der Waals surface area contributed by atoms with Crippen LogP contribution in [0, 0.1) is 17.8 Å². The lowest BCUT2D eigenvalue weighted by molar-refractivity contribution is -0.157. The van der Waals surface area contributed by atoms with Crippen LogP contribution in [0.4, 0.5) is 0 Å². The normalized spacial score (nSPS) is 35.4. The van der Waals surface area contributed by atoms with Crippen molar-refractivity contribution in [3.8, 4) is 0 Å². The third-order valence-corrected chi connectivity index (χ3v) is 4.49. The van der Waals surface area contributed by atoms with Gasteiger partial charge in [-0.05, 0) is 51.4 Å². The van der Waals surface area contributed by atoms with Crippen LogP contribution in [0.1, 0.15) is 51.4 Å². The minimum Gasteiger partial charge on any atom is -0.462 e. The smallest absolute Gasteiger partial charge is 0.309 e. The highest BCUT2D eigenvalue weighted by atomic mass is 16.5. The molecule has 0 unspecified atom stereocenters. The van der Waals surface area contributed by atoms with Crippen molar-refractivity contribution in [2.24, 2.45) is 17.8 Å². The van der Waals surface area contributed by atoms with Crippen molar-refractivity contribution in [1.82, 2.24) is 0 Å². The number of aldehydes is 2. The molecule has 0 aromatic heterocycles. The van der Waals surface area contributed by atoms with E-state index in [1.807, 2.05) is 0 Å². The molecular weight excluding hydrogens is 244 g/mol. The summed E-state index contributed by atoms with van der Waals surface area (Å²) in [5.41, 5.74) is 0. The van der Waals surface area contributed by atoms with Gasteiger partial charge in [-0.15, -0.1) is 0 Å². The first-order chi connectivity index (χ1) is 9.22. The molecule has 106 valence electrons. The van der Waals surface area contributed by atoms with Crippen LogP contribution in [0.2, 0.25) is 0 Å². The molecule has 0 saturated heterocycles. The minimum atomic E-state index is -0.0982. The van der Waals surface area contributed by atoms with Crippen LogP contribution in [-0.4, -0.2) is 24.6 Å². The van der Waals surface area contributed by atoms with Gasteiger partial charge in [-0.25, -0.2) is 0 Å². The lowest BCUT2D eigenvalue weighted by Crippen LogP contribution is -2.30. The largest absolute Gasteiger partial charge is 0.462 e. The Labute approximate surface area is 113 Å². The van der Waals surface area contributed by atoms with Crippen molar-refractivity contribution in [3.63, 3.8) is 0 Å². The van der Waals surface area contributed by atoms with E-state index in [1.165, 1.54) is 0 Å². The van der Waals surface area contributed by atoms with Gasteiger partial charge >= 0.3 is 5.97 Å². The molecule has 0 N–H and O–H groups in total. The van der Waals surface area contributed by atoms with E-state index in [9.17, 15) is 14.4 Å². The summed E-state index contributed by atoms with van der Waals surface area (Å²) in [6.07, 6.45) is 8.43. The van der Waals surface area contributed by atoms with Gasteiger partial charge in [0.1, 0.15) is 18.7 Å². The second kappa shape index (κ2) is 6.83. The quantitative estimate of drug-likeness (QED) is 0.578. The summed E-state index contributed by atoms with van der Waals surface area (Å²) in [6, 6.07) is 0. The maximum Gasteiger partial charge on any atom is 0.309 e. The van der Waals surface area contributed by atoms with Crippen LogP contribution in [-0.2, 0) is 19.1 Å². The molecule has 0 aromatic rings. The third-order valence-electron chi connectivity index (χ3n) is 4.49. The molecule has 19 heavy (non-hydrogen) atoms.